The molecule has 10 heavy (non-hydrogen) atoms. The SMILES string of the molecule is [B]1CC2(C1)CCCNCC2. The van der Waals surface area contributed by atoms with Gasteiger partial charge in [0.2, 0.25) is 0 Å². The lowest BCUT2D eigenvalue weighted by Crippen LogP contribution is -2.34. The smallest absolute Gasteiger partial charge is 0.110 e. The van der Waals surface area contributed by atoms with Crippen molar-refractivity contribution in [2.45, 2.75) is 31.9 Å². The topological polar surface area (TPSA) is 12.0 Å². The molecule has 1 spiro atoms. The lowest BCUT2D eigenvalue weighted by molar-refractivity contribution is 0.290. The molecule has 0 unspecified atom stereocenters. The number of hydrogen-bond acceptors (Lipinski definition) is 1. The molecule has 0 aliphatic carbocycles. The average molecular weight is 136 g/mol. The van der Waals surface area contributed by atoms with Crippen molar-refractivity contribution >= 4 is 7.28 Å². The van der Waals surface area contributed by atoms with Gasteiger partial charge in [-0.2, -0.15) is 0 Å². The zero-order chi connectivity index (χ0) is 6.86. The maximum atomic E-state index is 3.46. The Morgan fingerprint density at radius 2 is 2.00 bits per heavy atom. The van der Waals surface area contributed by atoms with E-state index in [4.69, 9.17) is 0 Å². The van der Waals surface area contributed by atoms with Crippen LogP contribution >= 0.6 is 0 Å². The molecule has 2 aliphatic rings. The monoisotopic (exact) mass is 136 g/mol. The summed E-state index contributed by atoms with van der Waals surface area (Å²) in [4.78, 5) is 0. The Bertz CT molecular complexity index is 110. The Kier molecular flexibility index (Phi) is 1.73. The van der Waals surface area contributed by atoms with Gasteiger partial charge < -0.3 is 5.32 Å². The Morgan fingerprint density at radius 1 is 1.10 bits per heavy atom. The zero-order valence-corrected chi connectivity index (χ0v) is 6.53. The first-order chi connectivity index (χ1) is 4.91. The van der Waals surface area contributed by atoms with Gasteiger partial charge in [-0.05, 0) is 37.8 Å². The highest BCUT2D eigenvalue weighted by Crippen LogP contribution is 2.45. The predicted octanol–water partition coefficient (Wildman–Crippen LogP) is 1.30. The van der Waals surface area contributed by atoms with E-state index in [9.17, 15) is 0 Å². The second-order valence-corrected chi connectivity index (χ2v) is 3.80. The van der Waals surface area contributed by atoms with Crippen LogP contribution < -0.4 is 5.32 Å². The molecule has 0 aromatic heterocycles. The van der Waals surface area contributed by atoms with E-state index in [1.165, 1.54) is 45.0 Å². The van der Waals surface area contributed by atoms with E-state index in [1.807, 2.05) is 0 Å². The van der Waals surface area contributed by atoms with Gasteiger partial charge in [-0.25, -0.2) is 0 Å². The van der Waals surface area contributed by atoms with Crippen molar-refractivity contribution in [3.63, 3.8) is 0 Å². The summed E-state index contributed by atoms with van der Waals surface area (Å²) in [6.07, 6.45) is 7.08. The molecule has 2 rings (SSSR count). The third kappa shape index (κ3) is 1.09. The molecule has 2 saturated heterocycles. The molecule has 0 saturated carbocycles. The van der Waals surface area contributed by atoms with Gasteiger partial charge >= 0.3 is 0 Å². The maximum absolute atomic E-state index is 3.46. The van der Waals surface area contributed by atoms with Crippen LogP contribution in [0.1, 0.15) is 19.3 Å². The van der Waals surface area contributed by atoms with Gasteiger partial charge in [-0.1, -0.05) is 12.6 Å². The molecule has 0 aromatic carbocycles. The standard InChI is InChI=1S/C8H15BN/c1-2-8(6-9-7-8)3-5-10-4-1/h10H,1-7H2. The van der Waals surface area contributed by atoms with Crippen molar-refractivity contribution in [3.05, 3.63) is 0 Å². The molecular weight excluding hydrogens is 121 g/mol. The van der Waals surface area contributed by atoms with E-state index in [0.717, 1.165) is 5.41 Å². The summed E-state index contributed by atoms with van der Waals surface area (Å²) in [6.45, 7) is 2.51. The van der Waals surface area contributed by atoms with Crippen LogP contribution in [-0.2, 0) is 0 Å². The molecule has 1 N–H and O–H groups in total. The summed E-state index contributed by atoms with van der Waals surface area (Å²) < 4.78 is 0. The van der Waals surface area contributed by atoms with Gasteiger partial charge in [0.1, 0.15) is 7.28 Å². The van der Waals surface area contributed by atoms with E-state index in [0.29, 0.717) is 0 Å². The summed E-state index contributed by atoms with van der Waals surface area (Å²) in [5.74, 6) is 0. The molecule has 2 heteroatoms. The summed E-state index contributed by atoms with van der Waals surface area (Å²) in [7, 11) is 2.44. The van der Waals surface area contributed by atoms with Crippen molar-refractivity contribution in [1.82, 2.24) is 5.32 Å². The van der Waals surface area contributed by atoms with Crippen LogP contribution in [0.15, 0.2) is 0 Å². The summed E-state index contributed by atoms with van der Waals surface area (Å²) in [5.41, 5.74) is 0.767. The number of rotatable bonds is 0. The normalized spacial score (nSPS) is 30.4. The van der Waals surface area contributed by atoms with Crippen LogP contribution in [0.2, 0.25) is 12.6 Å². The first-order valence-electron chi connectivity index (χ1n) is 4.44. The molecule has 2 fully saturated rings. The first kappa shape index (κ1) is 6.72. The Balaban J connectivity index is 1.92. The third-order valence-corrected chi connectivity index (χ3v) is 3.05. The van der Waals surface area contributed by atoms with E-state index >= 15 is 0 Å². The van der Waals surface area contributed by atoms with Crippen molar-refractivity contribution in [3.8, 4) is 0 Å². The van der Waals surface area contributed by atoms with Gasteiger partial charge in [0, 0.05) is 0 Å². The van der Waals surface area contributed by atoms with E-state index in [1.54, 1.807) is 0 Å². The lowest BCUT2D eigenvalue weighted by Gasteiger charge is -2.41. The molecule has 2 heterocycles. The molecule has 1 nitrogen and oxygen atoms in total. The fourth-order valence-electron chi connectivity index (χ4n) is 2.15. The van der Waals surface area contributed by atoms with Crippen molar-refractivity contribution in [2.75, 3.05) is 13.1 Å². The minimum Gasteiger partial charge on any atom is -0.317 e. The molecule has 1 radical (unpaired) electrons. The quantitative estimate of drug-likeness (QED) is 0.495. The fourth-order valence-corrected chi connectivity index (χ4v) is 2.15. The van der Waals surface area contributed by atoms with Crippen LogP contribution in [0.5, 0.6) is 0 Å². The first-order valence-corrected chi connectivity index (χ1v) is 4.44. The van der Waals surface area contributed by atoms with Crippen molar-refractivity contribution in [2.24, 2.45) is 5.41 Å². The highest BCUT2D eigenvalue weighted by Gasteiger charge is 2.36. The number of hydrogen-bond donors (Lipinski definition) is 1. The van der Waals surface area contributed by atoms with Gasteiger partial charge in [0.15, 0.2) is 0 Å². The summed E-state index contributed by atoms with van der Waals surface area (Å²) >= 11 is 0. The average Bonchev–Trinajstić information content (AvgIpc) is 2.08. The summed E-state index contributed by atoms with van der Waals surface area (Å²) in [5, 5.41) is 3.46. The van der Waals surface area contributed by atoms with Crippen LogP contribution in [0.3, 0.4) is 0 Å². The van der Waals surface area contributed by atoms with Gasteiger partial charge in [0.05, 0.1) is 0 Å². The van der Waals surface area contributed by atoms with Crippen LogP contribution in [0.25, 0.3) is 0 Å². The van der Waals surface area contributed by atoms with Crippen molar-refractivity contribution in [1.29, 1.82) is 0 Å². The third-order valence-electron chi connectivity index (χ3n) is 3.05. The van der Waals surface area contributed by atoms with Crippen LogP contribution in [-0.4, -0.2) is 20.4 Å². The predicted molar refractivity (Wildman–Crippen MR) is 44.5 cm³/mol. The zero-order valence-electron chi connectivity index (χ0n) is 6.53. The van der Waals surface area contributed by atoms with E-state index < -0.39 is 0 Å². The van der Waals surface area contributed by atoms with Crippen molar-refractivity contribution < 1.29 is 0 Å². The fraction of sp³-hybridized carbons (Fsp3) is 1.00. The highest BCUT2D eigenvalue weighted by molar-refractivity contribution is 6.40. The number of nitrogens with one attached hydrogen (secondary N) is 1. The molecule has 0 bridgehead atoms. The highest BCUT2D eigenvalue weighted by atomic mass is 14.9. The molecular formula is C8H15BN. The molecule has 0 amide bonds. The summed E-state index contributed by atoms with van der Waals surface area (Å²) in [6, 6.07) is 0. The second-order valence-electron chi connectivity index (χ2n) is 3.80. The van der Waals surface area contributed by atoms with E-state index in [-0.39, 0.29) is 0 Å². The molecule has 55 valence electrons. The van der Waals surface area contributed by atoms with Gasteiger partial charge in [-0.3, -0.25) is 0 Å². The largest absolute Gasteiger partial charge is 0.317 e. The van der Waals surface area contributed by atoms with Crippen LogP contribution in [0, 0.1) is 5.41 Å². The van der Waals surface area contributed by atoms with Gasteiger partial charge in [-0.15, -0.1) is 0 Å². The lowest BCUT2D eigenvalue weighted by atomic mass is 9.41. The Labute approximate surface area is 63.8 Å². The Morgan fingerprint density at radius 3 is 2.70 bits per heavy atom. The minimum atomic E-state index is 0.767. The molecule has 0 aromatic rings. The van der Waals surface area contributed by atoms with E-state index in [2.05, 4.69) is 12.6 Å². The van der Waals surface area contributed by atoms with Crippen LogP contribution in [0.4, 0.5) is 0 Å². The molecule has 2 aliphatic heterocycles. The Hall–Kier alpha value is 0.0249. The maximum Gasteiger partial charge on any atom is 0.110 e. The minimum absolute atomic E-state index is 0.767. The van der Waals surface area contributed by atoms with Gasteiger partial charge in [0.25, 0.3) is 0 Å². The molecule has 0 atom stereocenters. The second kappa shape index (κ2) is 2.57.